The number of carbonyl (C=O) groups excluding carboxylic acids is 1. The van der Waals surface area contributed by atoms with Gasteiger partial charge in [0, 0.05) is 12.6 Å². The first-order chi connectivity index (χ1) is 10.0. The van der Waals surface area contributed by atoms with Gasteiger partial charge in [0.1, 0.15) is 0 Å². The number of ether oxygens (including phenoxy) is 1. The van der Waals surface area contributed by atoms with Gasteiger partial charge in [-0.3, -0.25) is 4.79 Å². The van der Waals surface area contributed by atoms with Gasteiger partial charge in [-0.2, -0.15) is 0 Å². The standard InChI is InChI=1S/C17H26FNO2/c1-5-7-10-19(13(3)6-2)17(20)12-14-8-9-16(21-4)15(18)11-14/h8-9,11,13H,5-7,10,12H2,1-4H3. The van der Waals surface area contributed by atoms with Gasteiger partial charge in [-0.05, 0) is 37.5 Å². The normalized spacial score (nSPS) is 12.0. The van der Waals surface area contributed by atoms with Crippen LogP contribution in [0.2, 0.25) is 0 Å². The number of nitrogens with zero attached hydrogens (tertiary/aromatic N) is 1. The second-order valence-corrected chi connectivity index (χ2v) is 5.34. The summed E-state index contributed by atoms with van der Waals surface area (Å²) in [6.07, 6.45) is 3.20. The van der Waals surface area contributed by atoms with Crippen LogP contribution in [-0.4, -0.2) is 30.5 Å². The lowest BCUT2D eigenvalue weighted by atomic mass is 10.1. The lowest BCUT2D eigenvalue weighted by Crippen LogP contribution is -2.40. The van der Waals surface area contributed by atoms with E-state index in [0.29, 0.717) is 5.56 Å². The summed E-state index contributed by atoms with van der Waals surface area (Å²) in [5, 5.41) is 0. The number of methoxy groups -OCH3 is 1. The minimum absolute atomic E-state index is 0.0577. The zero-order chi connectivity index (χ0) is 15.8. The molecule has 0 aromatic heterocycles. The quantitative estimate of drug-likeness (QED) is 0.730. The second kappa shape index (κ2) is 8.65. The molecular formula is C17H26FNO2. The molecule has 21 heavy (non-hydrogen) atoms. The van der Waals surface area contributed by atoms with Crippen LogP contribution in [0.4, 0.5) is 4.39 Å². The molecule has 3 nitrogen and oxygen atoms in total. The maximum absolute atomic E-state index is 13.7. The fourth-order valence-electron chi connectivity index (χ4n) is 2.24. The van der Waals surface area contributed by atoms with E-state index < -0.39 is 5.82 Å². The van der Waals surface area contributed by atoms with Gasteiger partial charge in [0.2, 0.25) is 5.91 Å². The second-order valence-electron chi connectivity index (χ2n) is 5.34. The van der Waals surface area contributed by atoms with Crippen molar-refractivity contribution in [2.45, 2.75) is 52.5 Å². The van der Waals surface area contributed by atoms with E-state index >= 15 is 0 Å². The Labute approximate surface area is 127 Å². The van der Waals surface area contributed by atoms with Gasteiger partial charge in [-0.25, -0.2) is 4.39 Å². The molecule has 0 radical (unpaired) electrons. The molecule has 1 atom stereocenters. The molecule has 4 heteroatoms. The Balaban J connectivity index is 2.78. The molecule has 0 fully saturated rings. The number of benzene rings is 1. The maximum Gasteiger partial charge on any atom is 0.227 e. The van der Waals surface area contributed by atoms with Gasteiger partial charge >= 0.3 is 0 Å². The molecular weight excluding hydrogens is 269 g/mol. The summed E-state index contributed by atoms with van der Waals surface area (Å²) in [6, 6.07) is 4.91. The molecule has 0 aliphatic rings. The van der Waals surface area contributed by atoms with Crippen molar-refractivity contribution in [3.8, 4) is 5.75 Å². The first-order valence-corrected chi connectivity index (χ1v) is 7.65. The van der Waals surface area contributed by atoms with Crippen molar-refractivity contribution in [1.29, 1.82) is 0 Å². The molecule has 1 amide bonds. The highest BCUT2D eigenvalue weighted by Gasteiger charge is 2.19. The summed E-state index contributed by atoms with van der Waals surface area (Å²) in [5.74, 6) is -0.162. The highest BCUT2D eigenvalue weighted by molar-refractivity contribution is 5.79. The van der Waals surface area contributed by atoms with Gasteiger partial charge in [-0.15, -0.1) is 0 Å². The summed E-state index contributed by atoms with van der Waals surface area (Å²) < 4.78 is 18.6. The van der Waals surface area contributed by atoms with Gasteiger partial charge < -0.3 is 9.64 Å². The third kappa shape index (κ3) is 5.03. The third-order valence-electron chi connectivity index (χ3n) is 3.77. The van der Waals surface area contributed by atoms with Crippen molar-refractivity contribution < 1.29 is 13.9 Å². The fourth-order valence-corrected chi connectivity index (χ4v) is 2.24. The molecule has 0 heterocycles. The summed E-state index contributed by atoms with van der Waals surface area (Å²) in [4.78, 5) is 14.4. The number of hydrogen-bond acceptors (Lipinski definition) is 2. The zero-order valence-electron chi connectivity index (χ0n) is 13.5. The van der Waals surface area contributed by atoms with Gasteiger partial charge in [0.15, 0.2) is 11.6 Å². The molecule has 0 spiro atoms. The zero-order valence-corrected chi connectivity index (χ0v) is 13.5. The van der Waals surface area contributed by atoms with Crippen molar-refractivity contribution in [2.24, 2.45) is 0 Å². The van der Waals surface area contributed by atoms with Crippen molar-refractivity contribution in [3.63, 3.8) is 0 Å². The summed E-state index contributed by atoms with van der Waals surface area (Å²) in [6.45, 7) is 7.01. The van der Waals surface area contributed by atoms with E-state index in [4.69, 9.17) is 4.74 Å². The largest absolute Gasteiger partial charge is 0.494 e. The average molecular weight is 295 g/mol. The van der Waals surface area contributed by atoms with Crippen molar-refractivity contribution in [2.75, 3.05) is 13.7 Å². The van der Waals surface area contributed by atoms with Crippen LogP contribution in [0.3, 0.4) is 0 Å². The highest BCUT2D eigenvalue weighted by Crippen LogP contribution is 2.19. The first kappa shape index (κ1) is 17.5. The van der Waals surface area contributed by atoms with Crippen LogP contribution < -0.4 is 4.74 Å². The predicted octanol–water partition coefficient (Wildman–Crippen LogP) is 3.80. The molecule has 0 saturated carbocycles. The molecule has 1 aromatic rings. The van der Waals surface area contributed by atoms with Gasteiger partial charge in [0.25, 0.3) is 0 Å². The smallest absolute Gasteiger partial charge is 0.227 e. The van der Waals surface area contributed by atoms with E-state index in [1.54, 1.807) is 12.1 Å². The van der Waals surface area contributed by atoms with E-state index in [-0.39, 0.29) is 24.1 Å². The Morgan fingerprint density at radius 2 is 2.10 bits per heavy atom. The van der Waals surface area contributed by atoms with Crippen LogP contribution in [0, 0.1) is 5.82 Å². The summed E-state index contributed by atoms with van der Waals surface area (Å²) in [5.41, 5.74) is 0.683. The van der Waals surface area contributed by atoms with Gasteiger partial charge in [-0.1, -0.05) is 26.3 Å². The number of unbranched alkanes of at least 4 members (excludes halogenated alkanes) is 1. The van der Waals surface area contributed by atoms with E-state index in [9.17, 15) is 9.18 Å². The molecule has 0 aliphatic heterocycles. The summed E-state index contributed by atoms with van der Waals surface area (Å²) in [7, 11) is 1.43. The highest BCUT2D eigenvalue weighted by atomic mass is 19.1. The maximum atomic E-state index is 13.7. The fraction of sp³-hybridized carbons (Fsp3) is 0.588. The lowest BCUT2D eigenvalue weighted by molar-refractivity contribution is -0.132. The number of amides is 1. The van der Waals surface area contributed by atoms with E-state index in [1.165, 1.54) is 13.2 Å². The van der Waals surface area contributed by atoms with Crippen LogP contribution in [0.5, 0.6) is 5.75 Å². The topological polar surface area (TPSA) is 29.5 Å². The molecule has 0 bridgehead atoms. The lowest BCUT2D eigenvalue weighted by Gasteiger charge is -2.28. The van der Waals surface area contributed by atoms with Crippen LogP contribution >= 0.6 is 0 Å². The molecule has 1 aromatic carbocycles. The Morgan fingerprint density at radius 1 is 1.38 bits per heavy atom. The van der Waals surface area contributed by atoms with Crippen LogP contribution in [0.15, 0.2) is 18.2 Å². The van der Waals surface area contributed by atoms with Gasteiger partial charge in [0.05, 0.1) is 13.5 Å². The number of rotatable bonds is 8. The number of hydrogen-bond donors (Lipinski definition) is 0. The van der Waals surface area contributed by atoms with Crippen LogP contribution in [0.25, 0.3) is 0 Å². The molecule has 0 N–H and O–H groups in total. The molecule has 1 unspecified atom stereocenters. The molecule has 118 valence electrons. The predicted molar refractivity (Wildman–Crippen MR) is 83.0 cm³/mol. The van der Waals surface area contributed by atoms with Crippen molar-refractivity contribution >= 4 is 5.91 Å². The van der Waals surface area contributed by atoms with Crippen molar-refractivity contribution in [3.05, 3.63) is 29.6 Å². The number of halogens is 1. The van der Waals surface area contributed by atoms with Crippen LogP contribution in [-0.2, 0) is 11.2 Å². The van der Waals surface area contributed by atoms with E-state index in [1.807, 2.05) is 4.90 Å². The number of carbonyl (C=O) groups is 1. The van der Waals surface area contributed by atoms with E-state index in [2.05, 4.69) is 20.8 Å². The minimum atomic E-state index is -0.425. The monoisotopic (exact) mass is 295 g/mol. The third-order valence-corrected chi connectivity index (χ3v) is 3.77. The first-order valence-electron chi connectivity index (χ1n) is 7.65. The molecule has 0 saturated heterocycles. The SMILES string of the molecule is CCCCN(C(=O)Cc1ccc(OC)c(F)c1)C(C)CC. The molecule has 1 rings (SSSR count). The van der Waals surface area contributed by atoms with E-state index in [0.717, 1.165) is 25.8 Å². The molecule has 0 aliphatic carbocycles. The Morgan fingerprint density at radius 3 is 2.62 bits per heavy atom. The van der Waals surface area contributed by atoms with Crippen molar-refractivity contribution in [1.82, 2.24) is 4.90 Å². The summed E-state index contributed by atoms with van der Waals surface area (Å²) >= 11 is 0. The Kier molecular flexibility index (Phi) is 7.20. The Bertz CT molecular complexity index is 462. The minimum Gasteiger partial charge on any atom is -0.494 e. The average Bonchev–Trinajstić information content (AvgIpc) is 2.47. The Hall–Kier alpha value is -1.58. The van der Waals surface area contributed by atoms with Crippen LogP contribution in [0.1, 0.15) is 45.6 Å².